The van der Waals surface area contributed by atoms with Gasteiger partial charge in [0.15, 0.2) is 0 Å². The number of rotatable bonds is 24. The lowest BCUT2D eigenvalue weighted by atomic mass is 9.99. The molecule has 0 N–H and O–H groups in total. The lowest BCUT2D eigenvalue weighted by Crippen LogP contribution is -2.11. The molecule has 12 heteroatoms. The van der Waals surface area contributed by atoms with E-state index >= 15 is 8.78 Å². The fourth-order valence-corrected chi connectivity index (χ4v) is 6.87. The second kappa shape index (κ2) is 20.2. The highest BCUT2D eigenvalue weighted by atomic mass is 19.1. The van der Waals surface area contributed by atoms with Crippen molar-refractivity contribution in [3.63, 3.8) is 0 Å². The van der Waals surface area contributed by atoms with Gasteiger partial charge in [-0.2, -0.15) is 0 Å². The molecule has 2 unspecified atom stereocenters. The third-order valence-corrected chi connectivity index (χ3v) is 10.3. The lowest BCUT2D eigenvalue weighted by molar-refractivity contribution is 0.0719. The predicted molar refractivity (Wildman–Crippen MR) is 211 cm³/mol. The molecular weight excluding hydrogens is 750 g/mol. The molecule has 0 spiro atoms. The Kier molecular flexibility index (Phi) is 14.4. The molecule has 1 aliphatic carbocycles. The number of esters is 2. The minimum Gasteiger partial charge on any atom is -0.493 e. The molecule has 2 saturated heterocycles. The van der Waals surface area contributed by atoms with Gasteiger partial charge in [-0.15, -0.1) is 0 Å². The number of carbonyl (C=O) groups is 2. The topological polar surface area (TPSA) is 115 Å². The SMILES string of the molecule is CC1c2cc(OC(=O)c3ccc(OCCCCCCOCC4CO4)cc3F)ccc2-c2ccc(OC(=O)c3ccc(OCCCCCCOCC4CO4)cc3F)cc21. The van der Waals surface area contributed by atoms with Crippen LogP contribution in [-0.4, -0.2) is 77.0 Å². The summed E-state index contributed by atoms with van der Waals surface area (Å²) in [4.78, 5) is 26.0. The Bertz CT molecular complexity index is 1880. The Balaban J connectivity index is 0.850. The third-order valence-electron chi connectivity index (χ3n) is 10.3. The van der Waals surface area contributed by atoms with Crippen molar-refractivity contribution >= 4 is 11.9 Å². The van der Waals surface area contributed by atoms with E-state index in [1.165, 1.54) is 24.3 Å². The number of hydrogen-bond acceptors (Lipinski definition) is 10. The van der Waals surface area contributed by atoms with Crippen molar-refractivity contribution in [2.24, 2.45) is 0 Å². The molecular formula is C46H50F2O10. The van der Waals surface area contributed by atoms with Crippen LogP contribution in [0.5, 0.6) is 23.0 Å². The zero-order valence-corrected chi connectivity index (χ0v) is 32.8. The van der Waals surface area contributed by atoms with Crippen molar-refractivity contribution in [3.8, 4) is 34.1 Å². The van der Waals surface area contributed by atoms with Crippen molar-refractivity contribution in [1.29, 1.82) is 0 Å². The van der Waals surface area contributed by atoms with Crippen LogP contribution >= 0.6 is 0 Å². The molecule has 0 amide bonds. The molecule has 58 heavy (non-hydrogen) atoms. The summed E-state index contributed by atoms with van der Waals surface area (Å²) in [5.41, 5.74) is 3.25. The van der Waals surface area contributed by atoms with E-state index in [-0.39, 0.29) is 40.8 Å². The van der Waals surface area contributed by atoms with Crippen molar-refractivity contribution in [2.45, 2.75) is 76.4 Å². The summed E-state index contributed by atoms with van der Waals surface area (Å²) in [6.07, 6.45) is 8.13. The normalized spacial score (nSPS) is 17.3. The van der Waals surface area contributed by atoms with Gasteiger partial charge in [0, 0.05) is 31.3 Å². The van der Waals surface area contributed by atoms with Crippen LogP contribution in [-0.2, 0) is 18.9 Å². The van der Waals surface area contributed by atoms with Gasteiger partial charge in [0.1, 0.15) is 46.8 Å². The van der Waals surface area contributed by atoms with Crippen molar-refractivity contribution in [2.75, 3.05) is 52.9 Å². The highest BCUT2D eigenvalue weighted by molar-refractivity contribution is 5.93. The van der Waals surface area contributed by atoms with E-state index in [0.717, 1.165) is 100 Å². The number of epoxide rings is 2. The number of benzene rings is 4. The van der Waals surface area contributed by atoms with Crippen LogP contribution in [0.15, 0.2) is 72.8 Å². The number of ether oxygens (including phenoxy) is 8. The van der Waals surface area contributed by atoms with E-state index in [1.54, 1.807) is 36.4 Å². The van der Waals surface area contributed by atoms with Crippen LogP contribution in [0, 0.1) is 11.6 Å². The average Bonchev–Trinajstić information content (AvgIpc) is 4.16. The first kappa shape index (κ1) is 41.3. The highest BCUT2D eigenvalue weighted by Crippen LogP contribution is 2.47. The maximum Gasteiger partial charge on any atom is 0.346 e. The number of halogens is 2. The standard InChI is InChI=1S/C46H50F2O10/c1-30-41-22-33(57-45(49)39-16-10-31(24-43(39)47)53-20-8-4-2-6-18-51-26-35-28-55-35)12-14-37(41)38-15-13-34(23-42(30)38)58-46(50)40-17-11-32(25-44(40)48)54-21-9-5-3-7-19-52-27-36-29-56-36/h10-17,22-25,30,35-36H,2-9,18-21,26-29H2,1H3. The van der Waals surface area contributed by atoms with Gasteiger partial charge in [-0.1, -0.05) is 31.9 Å². The van der Waals surface area contributed by atoms with Crippen molar-refractivity contribution in [1.82, 2.24) is 0 Å². The average molecular weight is 801 g/mol. The van der Waals surface area contributed by atoms with Crippen LogP contribution in [0.2, 0.25) is 0 Å². The molecule has 0 radical (unpaired) electrons. The van der Waals surface area contributed by atoms with E-state index in [1.807, 2.05) is 19.1 Å². The molecule has 2 fully saturated rings. The molecule has 0 aromatic heterocycles. The molecule has 0 saturated carbocycles. The van der Waals surface area contributed by atoms with Crippen LogP contribution in [0.4, 0.5) is 8.78 Å². The lowest BCUT2D eigenvalue weighted by Gasteiger charge is -2.11. The molecule has 2 aliphatic heterocycles. The summed E-state index contributed by atoms with van der Waals surface area (Å²) in [7, 11) is 0. The zero-order chi connectivity index (χ0) is 40.3. The molecule has 7 rings (SSSR count). The Hall–Kier alpha value is -4.88. The van der Waals surface area contributed by atoms with Gasteiger partial charge in [0.25, 0.3) is 0 Å². The monoisotopic (exact) mass is 800 g/mol. The zero-order valence-electron chi connectivity index (χ0n) is 32.8. The fraction of sp³-hybridized carbons (Fsp3) is 0.435. The molecule has 10 nitrogen and oxygen atoms in total. The maximum absolute atomic E-state index is 15.0. The molecule has 2 atom stereocenters. The summed E-state index contributed by atoms with van der Waals surface area (Å²) in [6, 6.07) is 18.8. The van der Waals surface area contributed by atoms with E-state index in [9.17, 15) is 9.59 Å². The number of hydrogen-bond donors (Lipinski definition) is 0. The van der Waals surface area contributed by atoms with Crippen LogP contribution in [0.1, 0.15) is 96.1 Å². The Morgan fingerprint density at radius 1 is 0.552 bits per heavy atom. The summed E-state index contributed by atoms with van der Waals surface area (Å²) in [6.45, 7) is 7.23. The Morgan fingerprint density at radius 2 is 0.948 bits per heavy atom. The first-order valence-electron chi connectivity index (χ1n) is 20.3. The third kappa shape index (κ3) is 11.6. The maximum atomic E-state index is 15.0. The number of fused-ring (bicyclic) bond motifs is 3. The smallest absolute Gasteiger partial charge is 0.346 e. The van der Waals surface area contributed by atoms with Gasteiger partial charge in [0.05, 0.1) is 50.8 Å². The largest absolute Gasteiger partial charge is 0.493 e. The first-order valence-corrected chi connectivity index (χ1v) is 20.3. The van der Waals surface area contributed by atoms with Gasteiger partial charge in [-0.05, 0) is 109 Å². The van der Waals surface area contributed by atoms with Gasteiger partial charge >= 0.3 is 11.9 Å². The molecule has 4 aromatic carbocycles. The van der Waals surface area contributed by atoms with Gasteiger partial charge in [0.2, 0.25) is 0 Å². The van der Waals surface area contributed by atoms with Crippen molar-refractivity contribution in [3.05, 3.63) is 107 Å². The number of carbonyl (C=O) groups excluding carboxylic acids is 2. The van der Waals surface area contributed by atoms with Gasteiger partial charge < -0.3 is 37.9 Å². The molecule has 4 aromatic rings. The predicted octanol–water partition coefficient (Wildman–Crippen LogP) is 9.24. The first-order chi connectivity index (χ1) is 28.3. The van der Waals surface area contributed by atoms with Crippen molar-refractivity contribution < 1.29 is 56.3 Å². The fourth-order valence-electron chi connectivity index (χ4n) is 6.87. The minimum absolute atomic E-state index is 0.143. The van der Waals surface area contributed by atoms with Crippen LogP contribution in [0.3, 0.4) is 0 Å². The van der Waals surface area contributed by atoms with Gasteiger partial charge in [-0.3, -0.25) is 0 Å². The molecule has 3 aliphatic rings. The summed E-state index contributed by atoms with van der Waals surface area (Å²) in [5, 5.41) is 0. The van der Waals surface area contributed by atoms with E-state index in [0.29, 0.717) is 37.9 Å². The van der Waals surface area contributed by atoms with Crippen LogP contribution in [0.25, 0.3) is 11.1 Å². The molecule has 2 heterocycles. The molecule has 308 valence electrons. The van der Waals surface area contributed by atoms with Gasteiger partial charge in [-0.25, -0.2) is 18.4 Å². The van der Waals surface area contributed by atoms with Crippen LogP contribution < -0.4 is 18.9 Å². The molecule has 0 bridgehead atoms. The second-order valence-corrected chi connectivity index (χ2v) is 14.9. The van der Waals surface area contributed by atoms with E-state index in [4.69, 9.17) is 37.9 Å². The minimum atomic E-state index is -0.823. The second-order valence-electron chi connectivity index (χ2n) is 14.9. The summed E-state index contributed by atoms with van der Waals surface area (Å²) < 4.78 is 73.9. The quantitative estimate of drug-likeness (QED) is 0.0294. The Morgan fingerprint density at radius 3 is 1.34 bits per heavy atom. The summed E-state index contributed by atoms with van der Waals surface area (Å²) in [5.74, 6) is -2.02. The summed E-state index contributed by atoms with van der Waals surface area (Å²) >= 11 is 0. The Labute approximate surface area is 337 Å². The highest BCUT2D eigenvalue weighted by Gasteiger charge is 2.28. The van der Waals surface area contributed by atoms with E-state index in [2.05, 4.69) is 0 Å². The number of unbranched alkanes of at least 4 members (excludes halogenated alkanes) is 6. The van der Waals surface area contributed by atoms with E-state index < -0.39 is 23.6 Å².